The third kappa shape index (κ3) is 1.66. The Morgan fingerprint density at radius 3 is 2.73 bits per heavy atom. The molecule has 0 fully saturated rings. The largest absolute Gasteiger partial charge is 0.388 e. The summed E-state index contributed by atoms with van der Waals surface area (Å²) in [5, 5.41) is 3.58. The first-order chi connectivity index (χ1) is 5.27. The van der Waals surface area contributed by atoms with Crippen LogP contribution in [-0.2, 0) is 0 Å². The monoisotopic (exact) mass is 165 g/mol. The minimum Gasteiger partial charge on any atom is -0.388 e. The molecule has 0 spiro atoms. The second kappa shape index (κ2) is 3.32. The smallest absolute Gasteiger partial charge is 0.0582 e. The van der Waals surface area contributed by atoms with E-state index < -0.39 is 0 Å². The average molecular weight is 166 g/mol. The van der Waals surface area contributed by atoms with Crippen molar-refractivity contribution in [3.05, 3.63) is 28.8 Å². The number of anilines is 1. The molecular weight excluding hydrogens is 158 g/mol. The van der Waals surface area contributed by atoms with E-state index in [1.807, 2.05) is 19.2 Å². The Morgan fingerprint density at radius 2 is 2.27 bits per heavy atom. The summed E-state index contributed by atoms with van der Waals surface area (Å²) in [5.41, 5.74) is 1.69. The predicted octanol–water partition coefficient (Wildman–Crippen LogP) is 2.36. The van der Waals surface area contributed by atoms with Crippen molar-refractivity contribution in [2.24, 2.45) is 0 Å². The van der Waals surface area contributed by atoms with Gasteiger partial charge in [-0.2, -0.15) is 0 Å². The number of terminal acetylenes is 1. The van der Waals surface area contributed by atoms with Gasteiger partial charge in [-0.1, -0.05) is 17.5 Å². The molecule has 1 nitrogen and oxygen atoms in total. The number of hydrogen-bond donors (Lipinski definition) is 1. The van der Waals surface area contributed by atoms with Crippen LogP contribution >= 0.6 is 11.6 Å². The van der Waals surface area contributed by atoms with Gasteiger partial charge in [0, 0.05) is 18.3 Å². The summed E-state index contributed by atoms with van der Waals surface area (Å²) < 4.78 is 0. The summed E-state index contributed by atoms with van der Waals surface area (Å²) >= 11 is 5.83. The van der Waals surface area contributed by atoms with Crippen molar-refractivity contribution < 1.29 is 0 Å². The number of hydrogen-bond acceptors (Lipinski definition) is 1. The lowest BCUT2D eigenvalue weighted by Crippen LogP contribution is -1.87. The number of benzene rings is 1. The van der Waals surface area contributed by atoms with Gasteiger partial charge in [-0.15, -0.1) is 6.42 Å². The van der Waals surface area contributed by atoms with E-state index in [0.29, 0.717) is 5.02 Å². The van der Waals surface area contributed by atoms with Gasteiger partial charge in [0.15, 0.2) is 0 Å². The van der Waals surface area contributed by atoms with Crippen LogP contribution in [0.2, 0.25) is 5.02 Å². The molecule has 0 heterocycles. The highest BCUT2D eigenvalue weighted by Gasteiger charge is 1.96. The van der Waals surface area contributed by atoms with Crippen molar-refractivity contribution in [2.75, 3.05) is 12.4 Å². The van der Waals surface area contributed by atoms with Gasteiger partial charge in [0.05, 0.1) is 5.02 Å². The highest BCUT2D eigenvalue weighted by molar-refractivity contribution is 6.32. The van der Waals surface area contributed by atoms with Crippen molar-refractivity contribution in [1.29, 1.82) is 0 Å². The Labute approximate surface area is 71.4 Å². The molecule has 56 valence electrons. The molecule has 0 aliphatic carbocycles. The zero-order valence-electron chi connectivity index (χ0n) is 6.19. The first-order valence-electron chi connectivity index (χ1n) is 3.22. The van der Waals surface area contributed by atoms with Crippen LogP contribution in [0.25, 0.3) is 0 Å². The van der Waals surface area contributed by atoms with Crippen LogP contribution in [0.4, 0.5) is 5.69 Å². The second-order valence-electron chi connectivity index (χ2n) is 2.09. The molecule has 0 aliphatic rings. The molecule has 0 amide bonds. The Balaban J connectivity index is 3.12. The van der Waals surface area contributed by atoms with Crippen LogP contribution in [0.3, 0.4) is 0 Å². The fraction of sp³-hybridized carbons (Fsp3) is 0.111. The Morgan fingerprint density at radius 1 is 1.55 bits per heavy atom. The molecule has 0 saturated carbocycles. The van der Waals surface area contributed by atoms with E-state index in [1.54, 1.807) is 6.07 Å². The van der Waals surface area contributed by atoms with Gasteiger partial charge in [0.1, 0.15) is 0 Å². The van der Waals surface area contributed by atoms with Crippen LogP contribution < -0.4 is 5.32 Å². The second-order valence-corrected chi connectivity index (χ2v) is 2.50. The van der Waals surface area contributed by atoms with Crippen molar-refractivity contribution in [3.63, 3.8) is 0 Å². The predicted molar refractivity (Wildman–Crippen MR) is 48.9 cm³/mol. The normalized spacial score (nSPS) is 8.82. The number of rotatable bonds is 1. The van der Waals surface area contributed by atoms with E-state index in [4.69, 9.17) is 18.0 Å². The molecule has 1 rings (SSSR count). The quantitative estimate of drug-likeness (QED) is 0.630. The summed E-state index contributed by atoms with van der Waals surface area (Å²) in [7, 11) is 1.83. The molecule has 0 atom stereocenters. The van der Waals surface area contributed by atoms with Crippen LogP contribution in [0, 0.1) is 12.3 Å². The lowest BCUT2D eigenvalue weighted by Gasteiger charge is -2.00. The topological polar surface area (TPSA) is 12.0 Å². The molecule has 1 aromatic carbocycles. The molecule has 0 bridgehead atoms. The highest BCUT2D eigenvalue weighted by Crippen LogP contribution is 2.19. The Hall–Kier alpha value is -1.13. The average Bonchev–Trinajstić information content (AvgIpc) is 2.04. The molecule has 0 aliphatic heterocycles. The zero-order valence-corrected chi connectivity index (χ0v) is 6.94. The lowest BCUT2D eigenvalue weighted by molar-refractivity contribution is 1.50. The van der Waals surface area contributed by atoms with E-state index in [1.165, 1.54) is 0 Å². The summed E-state index contributed by atoms with van der Waals surface area (Å²) in [4.78, 5) is 0. The molecule has 0 aromatic heterocycles. The van der Waals surface area contributed by atoms with Crippen molar-refractivity contribution in [2.45, 2.75) is 0 Å². The van der Waals surface area contributed by atoms with Crippen LogP contribution in [0.5, 0.6) is 0 Å². The van der Waals surface area contributed by atoms with E-state index in [0.717, 1.165) is 11.3 Å². The molecule has 0 radical (unpaired) electrons. The summed E-state index contributed by atoms with van der Waals surface area (Å²) in [6, 6.07) is 5.51. The molecule has 11 heavy (non-hydrogen) atoms. The summed E-state index contributed by atoms with van der Waals surface area (Å²) in [6.07, 6.45) is 5.19. The fourth-order valence-corrected chi connectivity index (χ4v) is 1.02. The molecule has 0 unspecified atom stereocenters. The molecule has 1 aromatic rings. The molecule has 1 N–H and O–H groups in total. The van der Waals surface area contributed by atoms with Crippen molar-refractivity contribution in [1.82, 2.24) is 0 Å². The van der Waals surface area contributed by atoms with Crippen LogP contribution in [0.1, 0.15) is 5.56 Å². The van der Waals surface area contributed by atoms with Crippen molar-refractivity contribution >= 4 is 17.3 Å². The lowest BCUT2D eigenvalue weighted by atomic mass is 10.2. The molecular formula is C9H8ClN. The van der Waals surface area contributed by atoms with Gasteiger partial charge in [0.25, 0.3) is 0 Å². The van der Waals surface area contributed by atoms with Gasteiger partial charge in [-0.25, -0.2) is 0 Å². The SMILES string of the molecule is C#Cc1ccc(NC)cc1Cl. The van der Waals surface area contributed by atoms with Gasteiger partial charge < -0.3 is 5.32 Å². The minimum absolute atomic E-state index is 0.611. The Kier molecular flexibility index (Phi) is 2.40. The first-order valence-corrected chi connectivity index (χ1v) is 3.59. The van der Waals surface area contributed by atoms with Gasteiger partial charge >= 0.3 is 0 Å². The van der Waals surface area contributed by atoms with Gasteiger partial charge in [-0.3, -0.25) is 0 Å². The number of nitrogens with one attached hydrogen (secondary N) is 1. The highest BCUT2D eigenvalue weighted by atomic mass is 35.5. The Bertz CT molecular complexity index is 299. The molecule has 2 heteroatoms. The minimum atomic E-state index is 0.611. The third-order valence-electron chi connectivity index (χ3n) is 1.41. The molecule has 0 saturated heterocycles. The standard InChI is InChI=1S/C9H8ClN/c1-3-7-4-5-8(11-2)6-9(7)10/h1,4-6,11H,2H3. The maximum absolute atomic E-state index is 5.83. The van der Waals surface area contributed by atoms with Gasteiger partial charge in [-0.05, 0) is 18.2 Å². The van der Waals surface area contributed by atoms with E-state index in [2.05, 4.69) is 11.2 Å². The van der Waals surface area contributed by atoms with Crippen molar-refractivity contribution in [3.8, 4) is 12.3 Å². The fourth-order valence-electron chi connectivity index (χ4n) is 0.788. The maximum Gasteiger partial charge on any atom is 0.0582 e. The van der Waals surface area contributed by atoms with E-state index >= 15 is 0 Å². The van der Waals surface area contributed by atoms with Crippen LogP contribution in [0.15, 0.2) is 18.2 Å². The maximum atomic E-state index is 5.83. The van der Waals surface area contributed by atoms with E-state index in [-0.39, 0.29) is 0 Å². The van der Waals surface area contributed by atoms with Gasteiger partial charge in [0.2, 0.25) is 0 Å². The van der Waals surface area contributed by atoms with Crippen LogP contribution in [-0.4, -0.2) is 7.05 Å². The third-order valence-corrected chi connectivity index (χ3v) is 1.73. The number of halogens is 1. The first kappa shape index (κ1) is 7.97. The van der Waals surface area contributed by atoms with E-state index in [9.17, 15) is 0 Å². The zero-order chi connectivity index (χ0) is 8.27. The summed E-state index contributed by atoms with van der Waals surface area (Å²) in [5.74, 6) is 2.49. The summed E-state index contributed by atoms with van der Waals surface area (Å²) in [6.45, 7) is 0.